The summed E-state index contributed by atoms with van der Waals surface area (Å²) in [5, 5.41) is 3.04. The highest BCUT2D eigenvalue weighted by Gasteiger charge is 2.10. The number of halogens is 1. The van der Waals surface area contributed by atoms with Gasteiger partial charge < -0.3 is 10.1 Å². The molecule has 1 rings (SSSR count). The van der Waals surface area contributed by atoms with Gasteiger partial charge in [0.1, 0.15) is 0 Å². The van der Waals surface area contributed by atoms with Gasteiger partial charge in [0.15, 0.2) is 0 Å². The second-order valence-electron chi connectivity index (χ2n) is 3.65. The first-order valence-corrected chi connectivity index (χ1v) is 5.73. The third-order valence-electron chi connectivity index (χ3n) is 1.84. The van der Waals surface area contributed by atoms with E-state index in [0.29, 0.717) is 5.95 Å². The van der Waals surface area contributed by atoms with E-state index in [0.717, 1.165) is 6.42 Å². The molecule has 1 aromatic heterocycles. The highest BCUT2D eigenvalue weighted by atomic mass is 35.5. The zero-order chi connectivity index (χ0) is 12.8. The van der Waals surface area contributed by atoms with Crippen LogP contribution in [0.5, 0.6) is 6.01 Å². The number of nitrogens with one attached hydrogen (secondary N) is 1. The second-order valence-corrected chi connectivity index (χ2v) is 3.99. The molecule has 92 valence electrons. The minimum Gasteiger partial charge on any atom is -0.461 e. The molecule has 1 aromatic rings. The summed E-state index contributed by atoms with van der Waals surface area (Å²) >= 11 is 5.77. The Balaban J connectivity index is 2.86. The van der Waals surface area contributed by atoms with Crippen molar-refractivity contribution in [1.82, 2.24) is 15.0 Å². The molecule has 0 amide bonds. The van der Waals surface area contributed by atoms with Gasteiger partial charge in [-0.25, -0.2) is 0 Å². The van der Waals surface area contributed by atoms with Crippen molar-refractivity contribution in [3.05, 3.63) is 5.28 Å². The summed E-state index contributed by atoms with van der Waals surface area (Å²) in [4.78, 5) is 11.9. The van der Waals surface area contributed by atoms with Crippen molar-refractivity contribution in [1.29, 1.82) is 0 Å². The fourth-order valence-electron chi connectivity index (χ4n) is 1.08. The van der Waals surface area contributed by atoms with Gasteiger partial charge in [-0.3, -0.25) is 0 Å². The zero-order valence-electron chi connectivity index (χ0n) is 10.1. The standard InChI is InChI=1S/C11H15ClN4O/c1-5-8(6-2)13-10-14-9(12)15-11(16-10)17-7(3)4/h1,7-8H,6H2,2-4H3,(H,13,14,15,16). The predicted octanol–water partition coefficient (Wildman–Crippen LogP) is 2.14. The maximum absolute atomic E-state index is 5.77. The molecule has 0 saturated heterocycles. The Morgan fingerprint density at radius 2 is 2.12 bits per heavy atom. The van der Waals surface area contributed by atoms with E-state index in [1.165, 1.54) is 0 Å². The maximum Gasteiger partial charge on any atom is 0.322 e. The molecule has 0 aromatic carbocycles. The minimum absolute atomic E-state index is 0.0316. The van der Waals surface area contributed by atoms with E-state index in [-0.39, 0.29) is 23.4 Å². The highest BCUT2D eigenvalue weighted by molar-refractivity contribution is 6.28. The van der Waals surface area contributed by atoms with Gasteiger partial charge in [-0.05, 0) is 31.9 Å². The fraction of sp³-hybridized carbons (Fsp3) is 0.545. The van der Waals surface area contributed by atoms with Gasteiger partial charge in [0.25, 0.3) is 0 Å². The van der Waals surface area contributed by atoms with E-state index in [1.54, 1.807) is 0 Å². The van der Waals surface area contributed by atoms with Crippen LogP contribution in [0.3, 0.4) is 0 Å². The summed E-state index contributed by atoms with van der Waals surface area (Å²) < 4.78 is 5.35. The van der Waals surface area contributed by atoms with Gasteiger partial charge in [-0.15, -0.1) is 6.42 Å². The fourth-order valence-corrected chi connectivity index (χ4v) is 1.23. The second kappa shape index (κ2) is 6.26. The number of hydrogen-bond donors (Lipinski definition) is 1. The van der Waals surface area contributed by atoms with Crippen LogP contribution in [0.25, 0.3) is 0 Å². The van der Waals surface area contributed by atoms with Gasteiger partial charge in [0.2, 0.25) is 11.2 Å². The number of rotatable bonds is 5. The van der Waals surface area contributed by atoms with Gasteiger partial charge >= 0.3 is 6.01 Å². The Labute approximate surface area is 106 Å². The van der Waals surface area contributed by atoms with Crippen LogP contribution in [0.2, 0.25) is 5.28 Å². The van der Waals surface area contributed by atoms with Gasteiger partial charge in [-0.2, -0.15) is 15.0 Å². The number of ether oxygens (including phenoxy) is 1. The number of aromatic nitrogens is 3. The summed E-state index contributed by atoms with van der Waals surface area (Å²) in [5.74, 6) is 2.91. The third kappa shape index (κ3) is 4.45. The molecule has 0 aliphatic carbocycles. The van der Waals surface area contributed by atoms with E-state index >= 15 is 0 Å². The van der Waals surface area contributed by atoms with Crippen molar-refractivity contribution in [2.75, 3.05) is 5.32 Å². The van der Waals surface area contributed by atoms with E-state index < -0.39 is 0 Å². The molecule has 1 heterocycles. The number of hydrogen-bond acceptors (Lipinski definition) is 5. The van der Waals surface area contributed by atoms with Crippen LogP contribution >= 0.6 is 11.6 Å². The molecule has 17 heavy (non-hydrogen) atoms. The first-order valence-electron chi connectivity index (χ1n) is 5.36. The molecule has 1 atom stereocenters. The van der Waals surface area contributed by atoms with Gasteiger partial charge in [0, 0.05) is 0 Å². The molecule has 5 nitrogen and oxygen atoms in total. The summed E-state index contributed by atoms with van der Waals surface area (Å²) in [6.45, 7) is 5.72. The van der Waals surface area contributed by atoms with Gasteiger partial charge in [0.05, 0.1) is 12.1 Å². The Hall–Kier alpha value is -1.54. The Bertz CT molecular complexity index is 416. The lowest BCUT2D eigenvalue weighted by molar-refractivity contribution is 0.222. The third-order valence-corrected chi connectivity index (χ3v) is 2.01. The van der Waals surface area contributed by atoms with Crippen molar-refractivity contribution in [3.8, 4) is 18.4 Å². The summed E-state index contributed by atoms with van der Waals surface area (Å²) in [7, 11) is 0. The number of nitrogens with zero attached hydrogens (tertiary/aromatic N) is 3. The van der Waals surface area contributed by atoms with E-state index in [4.69, 9.17) is 22.8 Å². The summed E-state index contributed by atoms with van der Waals surface area (Å²) in [6, 6.07) is 0.0507. The normalized spacial score (nSPS) is 12.0. The lowest BCUT2D eigenvalue weighted by Gasteiger charge is -2.12. The monoisotopic (exact) mass is 254 g/mol. The maximum atomic E-state index is 5.77. The highest BCUT2D eigenvalue weighted by Crippen LogP contribution is 2.13. The van der Waals surface area contributed by atoms with Crippen LogP contribution in [0.4, 0.5) is 5.95 Å². The van der Waals surface area contributed by atoms with Crippen molar-refractivity contribution in [3.63, 3.8) is 0 Å². The molecule has 0 fully saturated rings. The largest absolute Gasteiger partial charge is 0.461 e. The van der Waals surface area contributed by atoms with Crippen molar-refractivity contribution < 1.29 is 4.74 Å². The zero-order valence-corrected chi connectivity index (χ0v) is 10.8. The van der Waals surface area contributed by atoms with Crippen LogP contribution in [-0.2, 0) is 0 Å². The molecule has 1 unspecified atom stereocenters. The van der Waals surface area contributed by atoms with Crippen LogP contribution in [0.1, 0.15) is 27.2 Å². The quantitative estimate of drug-likeness (QED) is 0.816. The first-order chi connectivity index (χ1) is 8.05. The molecule has 0 aliphatic rings. The van der Waals surface area contributed by atoms with Crippen molar-refractivity contribution in [2.45, 2.75) is 39.3 Å². The molecular weight excluding hydrogens is 240 g/mol. The molecule has 6 heteroatoms. The summed E-state index contributed by atoms with van der Waals surface area (Å²) in [6.07, 6.45) is 6.07. The Morgan fingerprint density at radius 3 is 2.65 bits per heavy atom. The van der Waals surface area contributed by atoms with Crippen molar-refractivity contribution in [2.24, 2.45) is 0 Å². The lowest BCUT2D eigenvalue weighted by Crippen LogP contribution is -2.19. The SMILES string of the molecule is C#CC(CC)Nc1nc(Cl)nc(OC(C)C)n1. The van der Waals surface area contributed by atoms with Crippen LogP contribution < -0.4 is 10.1 Å². The Morgan fingerprint density at radius 1 is 1.41 bits per heavy atom. The van der Waals surface area contributed by atoms with Crippen molar-refractivity contribution >= 4 is 17.5 Å². The smallest absolute Gasteiger partial charge is 0.322 e. The lowest BCUT2D eigenvalue weighted by atomic mass is 10.2. The van der Waals surface area contributed by atoms with Crippen LogP contribution in [0.15, 0.2) is 0 Å². The van der Waals surface area contributed by atoms with Crippen LogP contribution in [-0.4, -0.2) is 27.1 Å². The predicted molar refractivity (Wildman–Crippen MR) is 67.1 cm³/mol. The molecule has 1 N–H and O–H groups in total. The van der Waals surface area contributed by atoms with Gasteiger partial charge in [-0.1, -0.05) is 12.8 Å². The van der Waals surface area contributed by atoms with E-state index in [2.05, 4.69) is 26.2 Å². The number of anilines is 1. The van der Waals surface area contributed by atoms with E-state index in [9.17, 15) is 0 Å². The molecule has 0 saturated carbocycles. The molecule has 0 aliphatic heterocycles. The van der Waals surface area contributed by atoms with E-state index in [1.807, 2.05) is 20.8 Å². The summed E-state index contributed by atoms with van der Waals surface area (Å²) in [5.41, 5.74) is 0. The first kappa shape index (κ1) is 13.5. The topological polar surface area (TPSA) is 59.9 Å². The molecule has 0 radical (unpaired) electrons. The molecule has 0 spiro atoms. The molecular formula is C11H15ClN4O. The Kier molecular flexibility index (Phi) is 4.98. The number of terminal acetylenes is 1. The van der Waals surface area contributed by atoms with Crippen LogP contribution in [0, 0.1) is 12.3 Å². The average Bonchev–Trinajstić information content (AvgIpc) is 2.24. The molecule has 0 bridgehead atoms. The average molecular weight is 255 g/mol. The minimum atomic E-state index is -0.139.